The van der Waals surface area contributed by atoms with Crippen LogP contribution in [-0.2, 0) is 18.9 Å². The SMILES string of the molecule is O=C(C=CC=Cc1ccccc1)C(=O)OCP(=O)(O)O. The monoisotopic (exact) mass is 296 g/mol. The fraction of sp³-hybridized carbons (Fsp3) is 0.0769. The Hall–Kier alpha value is -2.01. The molecule has 0 atom stereocenters. The summed E-state index contributed by atoms with van der Waals surface area (Å²) in [5.74, 6) is -2.30. The molecule has 7 heteroatoms. The van der Waals surface area contributed by atoms with Gasteiger partial charge in [0.05, 0.1) is 0 Å². The predicted molar refractivity (Wildman–Crippen MR) is 72.6 cm³/mol. The molecule has 0 spiro atoms. The first-order chi connectivity index (χ1) is 9.38. The Kier molecular flexibility index (Phi) is 6.06. The van der Waals surface area contributed by atoms with Crippen molar-refractivity contribution in [1.29, 1.82) is 0 Å². The molecule has 6 nitrogen and oxygen atoms in total. The first kappa shape index (κ1) is 16.0. The first-order valence-corrected chi connectivity index (χ1v) is 7.34. The van der Waals surface area contributed by atoms with Crippen molar-refractivity contribution in [2.75, 3.05) is 6.35 Å². The maximum Gasteiger partial charge on any atom is 0.379 e. The van der Waals surface area contributed by atoms with E-state index in [1.165, 1.54) is 6.08 Å². The molecule has 0 unspecified atom stereocenters. The zero-order valence-corrected chi connectivity index (χ0v) is 11.3. The lowest BCUT2D eigenvalue weighted by Gasteiger charge is -2.03. The van der Waals surface area contributed by atoms with E-state index >= 15 is 0 Å². The first-order valence-electron chi connectivity index (χ1n) is 5.54. The molecule has 0 amide bonds. The van der Waals surface area contributed by atoms with Crippen molar-refractivity contribution >= 4 is 25.4 Å². The van der Waals surface area contributed by atoms with Crippen LogP contribution >= 0.6 is 7.60 Å². The Bertz CT molecular complexity index is 570. The summed E-state index contributed by atoms with van der Waals surface area (Å²) < 4.78 is 14.6. The summed E-state index contributed by atoms with van der Waals surface area (Å²) in [4.78, 5) is 39.3. The molecule has 0 aromatic heterocycles. The second kappa shape index (κ2) is 7.55. The van der Waals surface area contributed by atoms with E-state index in [0.717, 1.165) is 11.6 Å². The Morgan fingerprint density at radius 3 is 2.40 bits per heavy atom. The average molecular weight is 296 g/mol. The zero-order chi connectivity index (χ0) is 15.0. The molecule has 0 saturated carbocycles. The van der Waals surface area contributed by atoms with Gasteiger partial charge >= 0.3 is 13.6 Å². The third-order valence-electron chi connectivity index (χ3n) is 2.01. The topological polar surface area (TPSA) is 101 Å². The summed E-state index contributed by atoms with van der Waals surface area (Å²) in [6, 6.07) is 9.30. The fourth-order valence-electron chi connectivity index (χ4n) is 1.16. The highest BCUT2D eigenvalue weighted by Crippen LogP contribution is 2.33. The predicted octanol–water partition coefficient (Wildman–Crippen LogP) is 1.50. The molecule has 0 aliphatic rings. The van der Waals surface area contributed by atoms with Gasteiger partial charge in [0.1, 0.15) is 0 Å². The zero-order valence-electron chi connectivity index (χ0n) is 10.4. The van der Waals surface area contributed by atoms with Gasteiger partial charge in [0, 0.05) is 0 Å². The van der Waals surface area contributed by atoms with Crippen molar-refractivity contribution in [3.63, 3.8) is 0 Å². The summed E-state index contributed by atoms with van der Waals surface area (Å²) in [6.07, 6.45) is 4.48. The summed E-state index contributed by atoms with van der Waals surface area (Å²) >= 11 is 0. The average Bonchev–Trinajstić information content (AvgIpc) is 2.41. The van der Waals surface area contributed by atoms with Gasteiger partial charge in [-0.25, -0.2) is 4.79 Å². The van der Waals surface area contributed by atoms with E-state index in [2.05, 4.69) is 4.74 Å². The molecule has 0 aliphatic heterocycles. The summed E-state index contributed by atoms with van der Waals surface area (Å²) in [5, 5.41) is 0. The van der Waals surface area contributed by atoms with Gasteiger partial charge in [0.2, 0.25) is 0 Å². The minimum absolute atomic E-state index is 0.925. The Labute approximate surface area is 115 Å². The highest BCUT2D eigenvalue weighted by Gasteiger charge is 2.19. The highest BCUT2D eigenvalue weighted by atomic mass is 31.2. The van der Waals surface area contributed by atoms with Crippen molar-refractivity contribution < 1.29 is 28.7 Å². The quantitative estimate of drug-likeness (QED) is 0.271. The highest BCUT2D eigenvalue weighted by molar-refractivity contribution is 7.51. The second-order valence-corrected chi connectivity index (χ2v) is 5.31. The molecule has 0 fully saturated rings. The minimum atomic E-state index is -4.46. The van der Waals surface area contributed by atoms with Gasteiger partial charge < -0.3 is 14.5 Å². The van der Waals surface area contributed by atoms with Gasteiger partial charge in [0.15, 0.2) is 6.35 Å². The van der Waals surface area contributed by atoms with Gasteiger partial charge in [-0.05, 0) is 11.6 Å². The molecular formula is C13H13O6P. The molecule has 2 N–H and O–H groups in total. The molecule has 0 aliphatic carbocycles. The van der Waals surface area contributed by atoms with Crippen LogP contribution in [0.25, 0.3) is 6.08 Å². The molecular weight excluding hydrogens is 283 g/mol. The summed E-state index contributed by atoms with van der Waals surface area (Å²) in [5.41, 5.74) is 0.925. The lowest BCUT2D eigenvalue weighted by molar-refractivity contribution is -0.150. The maximum absolute atomic E-state index is 11.2. The van der Waals surface area contributed by atoms with Crippen LogP contribution in [0.4, 0.5) is 0 Å². The smallest absolute Gasteiger partial charge is 0.379 e. The second-order valence-electron chi connectivity index (χ2n) is 3.72. The summed E-state index contributed by atoms with van der Waals surface area (Å²) in [6.45, 7) is 0. The molecule has 20 heavy (non-hydrogen) atoms. The normalized spacial score (nSPS) is 11.9. The fourth-order valence-corrected chi connectivity index (χ4v) is 1.44. The van der Waals surface area contributed by atoms with Gasteiger partial charge in [0.25, 0.3) is 5.78 Å². The number of ether oxygens (including phenoxy) is 1. The number of hydrogen-bond acceptors (Lipinski definition) is 4. The van der Waals surface area contributed by atoms with Gasteiger partial charge in [-0.3, -0.25) is 9.36 Å². The third kappa shape index (κ3) is 6.80. The molecule has 0 saturated heterocycles. The number of hydrogen-bond donors (Lipinski definition) is 2. The third-order valence-corrected chi connectivity index (χ3v) is 2.48. The maximum atomic E-state index is 11.2. The molecule has 0 bridgehead atoms. The number of allylic oxidation sites excluding steroid dienone is 2. The Morgan fingerprint density at radius 1 is 1.15 bits per heavy atom. The van der Waals surface area contributed by atoms with Crippen LogP contribution in [0.3, 0.4) is 0 Å². The number of carbonyl (C=O) groups is 2. The standard InChI is InChI=1S/C13H13O6P/c14-12(13(15)19-10-20(16,17)18)9-5-4-8-11-6-2-1-3-7-11/h1-9H,10H2,(H2,16,17,18). The van der Waals surface area contributed by atoms with E-state index in [0.29, 0.717) is 0 Å². The molecule has 0 radical (unpaired) electrons. The van der Waals surface area contributed by atoms with Crippen LogP contribution in [0.2, 0.25) is 0 Å². The summed E-state index contributed by atoms with van der Waals surface area (Å²) in [7, 11) is -4.46. The van der Waals surface area contributed by atoms with Gasteiger partial charge in [-0.2, -0.15) is 0 Å². The van der Waals surface area contributed by atoms with Crippen molar-refractivity contribution in [3.05, 3.63) is 54.1 Å². The van der Waals surface area contributed by atoms with E-state index in [1.54, 1.807) is 12.2 Å². The number of benzene rings is 1. The lowest BCUT2D eigenvalue weighted by atomic mass is 10.2. The molecule has 1 aromatic carbocycles. The lowest BCUT2D eigenvalue weighted by Crippen LogP contribution is -2.15. The van der Waals surface area contributed by atoms with Crippen LogP contribution in [0.1, 0.15) is 5.56 Å². The molecule has 1 aromatic rings. The van der Waals surface area contributed by atoms with Crippen LogP contribution < -0.4 is 0 Å². The van der Waals surface area contributed by atoms with Crippen LogP contribution in [-0.4, -0.2) is 27.9 Å². The van der Waals surface area contributed by atoms with Crippen molar-refractivity contribution in [3.8, 4) is 0 Å². The minimum Gasteiger partial charge on any atom is -0.447 e. The molecule has 106 valence electrons. The van der Waals surface area contributed by atoms with Crippen LogP contribution in [0.5, 0.6) is 0 Å². The Morgan fingerprint density at radius 2 is 1.80 bits per heavy atom. The molecule has 0 heterocycles. The van der Waals surface area contributed by atoms with E-state index in [9.17, 15) is 14.2 Å². The van der Waals surface area contributed by atoms with Gasteiger partial charge in [-0.1, -0.05) is 48.6 Å². The largest absolute Gasteiger partial charge is 0.447 e. The van der Waals surface area contributed by atoms with E-state index < -0.39 is 25.7 Å². The number of ketones is 1. The van der Waals surface area contributed by atoms with E-state index in [4.69, 9.17) is 9.79 Å². The van der Waals surface area contributed by atoms with Crippen molar-refractivity contribution in [2.24, 2.45) is 0 Å². The van der Waals surface area contributed by atoms with Gasteiger partial charge in [-0.15, -0.1) is 0 Å². The number of carbonyl (C=O) groups excluding carboxylic acids is 2. The van der Waals surface area contributed by atoms with Crippen LogP contribution in [0, 0.1) is 0 Å². The van der Waals surface area contributed by atoms with Crippen molar-refractivity contribution in [2.45, 2.75) is 0 Å². The Balaban J connectivity index is 2.45. The van der Waals surface area contributed by atoms with Crippen molar-refractivity contribution in [1.82, 2.24) is 0 Å². The molecule has 1 rings (SSSR count). The van der Waals surface area contributed by atoms with Crippen LogP contribution in [0.15, 0.2) is 48.6 Å². The number of esters is 1. The number of rotatable bonds is 6. The van der Waals surface area contributed by atoms with E-state index in [1.807, 2.05) is 30.3 Å². The van der Waals surface area contributed by atoms with E-state index in [-0.39, 0.29) is 0 Å².